The van der Waals surface area contributed by atoms with E-state index in [4.69, 9.17) is 0 Å². The summed E-state index contributed by atoms with van der Waals surface area (Å²) < 4.78 is 38.5. The van der Waals surface area contributed by atoms with Crippen LogP contribution in [0.15, 0.2) is 24.3 Å². The number of rotatable bonds is 4. The Morgan fingerprint density at radius 1 is 1.19 bits per heavy atom. The van der Waals surface area contributed by atoms with Gasteiger partial charge in [-0.25, -0.2) is 0 Å². The summed E-state index contributed by atoms with van der Waals surface area (Å²) in [7, 11) is 0. The van der Waals surface area contributed by atoms with Crippen LogP contribution in [0.4, 0.5) is 13.2 Å². The van der Waals surface area contributed by atoms with Crippen molar-refractivity contribution in [3.8, 4) is 17.0 Å². The molecule has 8 heteroatoms. The highest BCUT2D eigenvalue weighted by Crippen LogP contribution is 2.38. The molecule has 1 aromatic carbocycles. The lowest BCUT2D eigenvalue weighted by molar-refractivity contribution is -0.137. The van der Waals surface area contributed by atoms with Crippen LogP contribution in [-0.4, -0.2) is 32.9 Å². The van der Waals surface area contributed by atoms with Gasteiger partial charge in [0.1, 0.15) is 5.75 Å². The third-order valence-corrected chi connectivity index (χ3v) is 5.46. The van der Waals surface area contributed by atoms with E-state index in [2.05, 4.69) is 15.5 Å². The third-order valence-electron chi connectivity index (χ3n) is 4.41. The molecule has 1 aliphatic rings. The van der Waals surface area contributed by atoms with Crippen LogP contribution >= 0.6 is 11.8 Å². The van der Waals surface area contributed by atoms with E-state index in [0.717, 1.165) is 42.2 Å². The fourth-order valence-corrected chi connectivity index (χ4v) is 4.11. The predicted octanol–water partition coefficient (Wildman–Crippen LogP) is 4.16. The van der Waals surface area contributed by atoms with Crippen molar-refractivity contribution in [3.63, 3.8) is 0 Å². The molecule has 0 unspecified atom stereocenters. The van der Waals surface area contributed by atoms with Crippen LogP contribution < -0.4 is 5.32 Å². The molecule has 0 spiro atoms. The topological polar surface area (TPSA) is 58.0 Å². The Bertz CT molecular complexity index is 736. The van der Waals surface area contributed by atoms with Crippen molar-refractivity contribution in [3.05, 3.63) is 41.1 Å². The summed E-state index contributed by atoms with van der Waals surface area (Å²) in [5.41, 5.74) is 0.810. The van der Waals surface area contributed by atoms with E-state index in [1.807, 2.05) is 11.8 Å². The molecule has 1 saturated heterocycles. The van der Waals surface area contributed by atoms with Crippen molar-refractivity contribution in [2.45, 2.75) is 38.5 Å². The molecule has 0 amide bonds. The number of nitrogens with zero attached hydrogens (tertiary/aromatic N) is 2. The standard InChI is InChI=1S/C18H20F3N3OS/c1-11-8-12(18(19,20)21)9-16(25)17(11)15-3-2-14(23-24-15)10-22-13-4-6-26-7-5-13/h2-3,8-9,13,22,25H,4-7,10H2,1H3. The second-order valence-corrected chi connectivity index (χ2v) is 7.59. The first-order valence-electron chi connectivity index (χ1n) is 8.39. The largest absolute Gasteiger partial charge is 0.507 e. The van der Waals surface area contributed by atoms with Crippen molar-refractivity contribution in [1.82, 2.24) is 15.5 Å². The lowest BCUT2D eigenvalue weighted by atomic mass is 10.0. The number of nitrogens with one attached hydrogen (secondary N) is 1. The summed E-state index contributed by atoms with van der Waals surface area (Å²) in [6.07, 6.45) is -2.23. The predicted molar refractivity (Wildman–Crippen MR) is 96.1 cm³/mol. The number of thioether (sulfide) groups is 1. The van der Waals surface area contributed by atoms with Crippen molar-refractivity contribution in [2.75, 3.05) is 11.5 Å². The molecule has 0 aliphatic carbocycles. The van der Waals surface area contributed by atoms with E-state index in [9.17, 15) is 18.3 Å². The highest BCUT2D eigenvalue weighted by molar-refractivity contribution is 7.99. The number of phenols is 1. The molecule has 2 heterocycles. The molecule has 1 fully saturated rings. The molecule has 1 aliphatic heterocycles. The van der Waals surface area contributed by atoms with Gasteiger partial charge in [-0.15, -0.1) is 0 Å². The maximum Gasteiger partial charge on any atom is 0.416 e. The quantitative estimate of drug-likeness (QED) is 0.830. The minimum atomic E-state index is -4.50. The van der Waals surface area contributed by atoms with Crippen molar-refractivity contribution in [1.29, 1.82) is 0 Å². The van der Waals surface area contributed by atoms with Gasteiger partial charge in [0, 0.05) is 18.2 Å². The molecule has 3 rings (SSSR count). The molecule has 4 nitrogen and oxygen atoms in total. The van der Waals surface area contributed by atoms with Gasteiger partial charge in [-0.2, -0.15) is 35.1 Å². The Morgan fingerprint density at radius 3 is 2.50 bits per heavy atom. The first-order chi connectivity index (χ1) is 12.3. The van der Waals surface area contributed by atoms with Crippen LogP contribution in [-0.2, 0) is 12.7 Å². The van der Waals surface area contributed by atoms with E-state index in [-0.39, 0.29) is 5.56 Å². The van der Waals surface area contributed by atoms with Crippen LogP contribution in [0.2, 0.25) is 0 Å². The smallest absolute Gasteiger partial charge is 0.416 e. The molecule has 2 N–H and O–H groups in total. The average Bonchev–Trinajstić information content (AvgIpc) is 2.60. The van der Waals surface area contributed by atoms with Gasteiger partial charge in [-0.05, 0) is 61.1 Å². The maximum atomic E-state index is 12.8. The van der Waals surface area contributed by atoms with Crippen LogP contribution in [0.25, 0.3) is 11.3 Å². The second-order valence-electron chi connectivity index (χ2n) is 6.36. The Labute approximate surface area is 154 Å². The first kappa shape index (κ1) is 19.0. The molecule has 26 heavy (non-hydrogen) atoms. The number of benzene rings is 1. The number of aromatic hydroxyl groups is 1. The van der Waals surface area contributed by atoms with E-state index < -0.39 is 17.5 Å². The molecule has 0 radical (unpaired) electrons. The Kier molecular flexibility index (Phi) is 5.72. The van der Waals surface area contributed by atoms with Crippen LogP contribution in [0.1, 0.15) is 29.7 Å². The number of aromatic nitrogens is 2. The SMILES string of the molecule is Cc1cc(C(F)(F)F)cc(O)c1-c1ccc(CNC2CCSCC2)nn1. The lowest BCUT2D eigenvalue weighted by Gasteiger charge is -2.22. The van der Waals surface area contributed by atoms with E-state index >= 15 is 0 Å². The number of alkyl halides is 3. The second kappa shape index (κ2) is 7.84. The molecule has 140 valence electrons. The molecule has 0 atom stereocenters. The minimum absolute atomic E-state index is 0.273. The molecule has 0 saturated carbocycles. The fourth-order valence-electron chi connectivity index (χ4n) is 3.00. The van der Waals surface area contributed by atoms with Gasteiger partial charge < -0.3 is 10.4 Å². The van der Waals surface area contributed by atoms with Gasteiger partial charge in [0.15, 0.2) is 0 Å². The normalized spacial score (nSPS) is 16.0. The van der Waals surface area contributed by atoms with Gasteiger partial charge in [-0.1, -0.05) is 0 Å². The molecule has 0 bridgehead atoms. The summed E-state index contributed by atoms with van der Waals surface area (Å²) in [6.45, 7) is 2.11. The van der Waals surface area contributed by atoms with Crippen molar-refractivity contribution in [2.24, 2.45) is 0 Å². The summed E-state index contributed by atoms with van der Waals surface area (Å²) in [6, 6.07) is 5.67. The van der Waals surface area contributed by atoms with Crippen molar-refractivity contribution < 1.29 is 18.3 Å². The Morgan fingerprint density at radius 2 is 1.92 bits per heavy atom. The molecule has 1 aromatic heterocycles. The lowest BCUT2D eigenvalue weighted by Crippen LogP contribution is -2.32. The van der Waals surface area contributed by atoms with Gasteiger partial charge in [0.05, 0.1) is 17.0 Å². The summed E-state index contributed by atoms with van der Waals surface area (Å²) >= 11 is 1.96. The minimum Gasteiger partial charge on any atom is -0.507 e. The van der Waals surface area contributed by atoms with E-state index in [1.54, 1.807) is 12.1 Å². The van der Waals surface area contributed by atoms with Crippen molar-refractivity contribution >= 4 is 11.8 Å². The van der Waals surface area contributed by atoms with Crippen LogP contribution in [0.3, 0.4) is 0 Å². The summed E-state index contributed by atoms with van der Waals surface area (Å²) in [5.74, 6) is 1.88. The zero-order chi connectivity index (χ0) is 18.7. The number of halogens is 3. The monoisotopic (exact) mass is 383 g/mol. The summed E-state index contributed by atoms with van der Waals surface area (Å²) in [4.78, 5) is 0. The van der Waals surface area contributed by atoms with E-state index in [0.29, 0.717) is 23.8 Å². The molecular formula is C18H20F3N3OS. The Balaban J connectivity index is 1.74. The first-order valence-corrected chi connectivity index (χ1v) is 9.55. The highest BCUT2D eigenvalue weighted by atomic mass is 32.2. The van der Waals surface area contributed by atoms with E-state index in [1.165, 1.54) is 6.92 Å². The Hall–Kier alpha value is -1.80. The van der Waals surface area contributed by atoms with Crippen LogP contribution in [0, 0.1) is 6.92 Å². The molecular weight excluding hydrogens is 363 g/mol. The summed E-state index contributed by atoms with van der Waals surface area (Å²) in [5, 5.41) is 21.7. The third kappa shape index (κ3) is 4.48. The van der Waals surface area contributed by atoms with Gasteiger partial charge in [-0.3, -0.25) is 0 Å². The molecule has 2 aromatic rings. The van der Waals surface area contributed by atoms with Crippen LogP contribution in [0.5, 0.6) is 5.75 Å². The highest BCUT2D eigenvalue weighted by Gasteiger charge is 2.32. The number of hydrogen-bond acceptors (Lipinski definition) is 5. The van der Waals surface area contributed by atoms with Gasteiger partial charge in [0.25, 0.3) is 0 Å². The number of phenolic OH excluding ortho intramolecular Hbond substituents is 1. The zero-order valence-electron chi connectivity index (χ0n) is 14.3. The van der Waals surface area contributed by atoms with Gasteiger partial charge >= 0.3 is 6.18 Å². The number of hydrogen-bond donors (Lipinski definition) is 2. The fraction of sp³-hybridized carbons (Fsp3) is 0.444. The van der Waals surface area contributed by atoms with Gasteiger partial charge in [0.2, 0.25) is 0 Å². The maximum absolute atomic E-state index is 12.8. The zero-order valence-corrected chi connectivity index (χ0v) is 15.1. The average molecular weight is 383 g/mol. The number of aryl methyl sites for hydroxylation is 1.